The largest absolute Gasteiger partial charge is 0.494 e. The third-order valence-corrected chi connectivity index (χ3v) is 7.75. The molecule has 1 unspecified atom stereocenters. The Balaban J connectivity index is 1.33. The topological polar surface area (TPSA) is 87.5 Å². The Labute approximate surface area is 228 Å². The molecule has 2 aromatic carbocycles. The Morgan fingerprint density at radius 1 is 1.15 bits per heavy atom. The number of carbonyl (C=O) groups excluding carboxylic acids is 1. The number of ether oxygens (including phenoxy) is 1. The summed E-state index contributed by atoms with van der Waals surface area (Å²) in [6, 6.07) is 14.6. The number of fused-ring (bicyclic) bond motifs is 1. The number of amides is 1. The zero-order chi connectivity index (χ0) is 26.9. The van der Waals surface area contributed by atoms with Crippen LogP contribution in [0.15, 0.2) is 67.5 Å². The molecule has 9 nitrogen and oxygen atoms in total. The molecular weight excluding hydrogens is 490 g/mol. The zero-order valence-electron chi connectivity index (χ0n) is 22.4. The van der Waals surface area contributed by atoms with Gasteiger partial charge in [0.2, 0.25) is 11.9 Å². The predicted octanol–water partition coefficient (Wildman–Crippen LogP) is 4.80. The lowest BCUT2D eigenvalue weighted by molar-refractivity contribution is -0.111. The third-order valence-electron chi connectivity index (χ3n) is 7.75. The normalized spacial score (nSPS) is 17.2. The third kappa shape index (κ3) is 4.81. The number of aryl methyl sites for hydroxylation is 1. The van der Waals surface area contributed by atoms with E-state index in [1.165, 1.54) is 25.6 Å². The molecule has 1 amide bonds. The molecule has 2 aromatic heterocycles. The van der Waals surface area contributed by atoms with Gasteiger partial charge in [0.05, 0.1) is 29.9 Å². The van der Waals surface area contributed by atoms with Crippen molar-refractivity contribution in [3.8, 4) is 17.0 Å². The van der Waals surface area contributed by atoms with Gasteiger partial charge in [0.25, 0.3) is 0 Å². The lowest BCUT2D eigenvalue weighted by atomic mass is 10.1. The summed E-state index contributed by atoms with van der Waals surface area (Å²) in [5.41, 5.74) is 5.27. The number of rotatable bonds is 8. The summed E-state index contributed by atoms with van der Waals surface area (Å²) >= 11 is 0. The van der Waals surface area contributed by atoms with E-state index in [4.69, 9.17) is 9.72 Å². The number of likely N-dealkylation sites (tertiary alicyclic amines) is 1. The average molecular weight is 524 g/mol. The van der Waals surface area contributed by atoms with Gasteiger partial charge < -0.3 is 24.8 Å². The number of nitrogens with zero attached hydrogens (tertiary/aromatic N) is 5. The molecule has 200 valence electrons. The highest BCUT2D eigenvalue weighted by Gasteiger charge is 2.32. The van der Waals surface area contributed by atoms with Gasteiger partial charge in [-0.25, -0.2) is 9.97 Å². The number of aromatic nitrogens is 3. The number of hydrogen-bond acceptors (Lipinski definition) is 7. The van der Waals surface area contributed by atoms with Crippen molar-refractivity contribution in [2.45, 2.75) is 18.9 Å². The van der Waals surface area contributed by atoms with E-state index in [2.05, 4.69) is 54.9 Å². The Morgan fingerprint density at radius 2 is 2.00 bits per heavy atom. The Bertz CT molecular complexity index is 1540. The lowest BCUT2D eigenvalue weighted by Crippen LogP contribution is -2.46. The zero-order valence-corrected chi connectivity index (χ0v) is 22.4. The molecule has 0 saturated carbocycles. The second kappa shape index (κ2) is 10.4. The van der Waals surface area contributed by atoms with Gasteiger partial charge in [-0.05, 0) is 50.2 Å². The van der Waals surface area contributed by atoms with Gasteiger partial charge in [-0.15, -0.1) is 0 Å². The van der Waals surface area contributed by atoms with Gasteiger partial charge in [0, 0.05) is 61.1 Å². The summed E-state index contributed by atoms with van der Waals surface area (Å²) in [6.45, 7) is 7.81. The molecule has 2 aliphatic rings. The smallest absolute Gasteiger partial charge is 0.247 e. The van der Waals surface area contributed by atoms with E-state index in [-0.39, 0.29) is 5.91 Å². The molecule has 2 aliphatic heterocycles. The molecule has 0 aliphatic carbocycles. The minimum atomic E-state index is -0.264. The van der Waals surface area contributed by atoms with Crippen LogP contribution in [-0.4, -0.2) is 64.7 Å². The molecule has 9 heteroatoms. The number of nitrogens with one attached hydrogen (secondary N) is 2. The number of anilines is 4. The SMILES string of the molecule is C=CC(=O)Nc1cc(Nc2nccc(-c3cn(C)c4ccccc34)n2)c(OC)cc1N1CCC(N2CCC2)C1. The highest BCUT2D eigenvalue weighted by molar-refractivity contribution is 6.02. The van der Waals surface area contributed by atoms with Gasteiger partial charge in [-0.1, -0.05) is 24.8 Å². The monoisotopic (exact) mass is 523 g/mol. The predicted molar refractivity (Wildman–Crippen MR) is 156 cm³/mol. The highest BCUT2D eigenvalue weighted by atomic mass is 16.5. The first-order chi connectivity index (χ1) is 19.0. The minimum Gasteiger partial charge on any atom is -0.494 e. The lowest BCUT2D eigenvalue weighted by Gasteiger charge is -2.36. The number of para-hydroxylation sites is 1. The Kier molecular flexibility index (Phi) is 6.66. The maximum absolute atomic E-state index is 12.4. The molecule has 0 spiro atoms. The van der Waals surface area contributed by atoms with Crippen LogP contribution < -0.4 is 20.3 Å². The number of carbonyl (C=O) groups is 1. The highest BCUT2D eigenvalue weighted by Crippen LogP contribution is 2.40. The van der Waals surface area contributed by atoms with Crippen LogP contribution in [0.2, 0.25) is 0 Å². The van der Waals surface area contributed by atoms with Gasteiger partial charge in [-0.3, -0.25) is 9.69 Å². The van der Waals surface area contributed by atoms with Crippen LogP contribution in [0.25, 0.3) is 22.2 Å². The first-order valence-electron chi connectivity index (χ1n) is 13.3. The average Bonchev–Trinajstić information content (AvgIpc) is 3.53. The summed E-state index contributed by atoms with van der Waals surface area (Å²) < 4.78 is 7.89. The summed E-state index contributed by atoms with van der Waals surface area (Å²) in [6.07, 6.45) is 7.48. The molecule has 2 fully saturated rings. The van der Waals surface area contributed by atoms with E-state index in [9.17, 15) is 4.79 Å². The van der Waals surface area contributed by atoms with E-state index < -0.39 is 0 Å². The number of hydrogen-bond donors (Lipinski definition) is 2. The summed E-state index contributed by atoms with van der Waals surface area (Å²) in [4.78, 5) is 26.5. The second-order valence-corrected chi connectivity index (χ2v) is 10.1. The van der Waals surface area contributed by atoms with Gasteiger partial charge in [0.15, 0.2) is 0 Å². The quantitative estimate of drug-likeness (QED) is 0.321. The number of methoxy groups -OCH3 is 1. The van der Waals surface area contributed by atoms with Crippen molar-refractivity contribution in [2.75, 3.05) is 48.8 Å². The van der Waals surface area contributed by atoms with Crippen LogP contribution in [0, 0.1) is 0 Å². The maximum atomic E-state index is 12.4. The van der Waals surface area contributed by atoms with Crippen LogP contribution in [0.1, 0.15) is 12.8 Å². The molecule has 2 N–H and O–H groups in total. The molecule has 4 aromatic rings. The van der Waals surface area contributed by atoms with Crippen molar-refractivity contribution in [3.63, 3.8) is 0 Å². The van der Waals surface area contributed by atoms with Crippen LogP contribution in [0.3, 0.4) is 0 Å². The van der Waals surface area contributed by atoms with Crippen molar-refractivity contribution in [1.82, 2.24) is 19.4 Å². The van der Waals surface area contributed by atoms with Crippen molar-refractivity contribution >= 4 is 39.8 Å². The van der Waals surface area contributed by atoms with Crippen LogP contribution in [0.5, 0.6) is 5.75 Å². The van der Waals surface area contributed by atoms with Crippen LogP contribution in [-0.2, 0) is 11.8 Å². The van der Waals surface area contributed by atoms with E-state index >= 15 is 0 Å². The van der Waals surface area contributed by atoms with E-state index in [1.807, 2.05) is 37.4 Å². The molecular formula is C30H33N7O2. The maximum Gasteiger partial charge on any atom is 0.247 e. The summed E-state index contributed by atoms with van der Waals surface area (Å²) in [5.74, 6) is 0.819. The van der Waals surface area contributed by atoms with Crippen molar-refractivity contribution in [1.29, 1.82) is 0 Å². The first kappa shape index (κ1) is 24.9. The van der Waals surface area contributed by atoms with Crippen LogP contribution in [0.4, 0.5) is 23.0 Å². The van der Waals surface area contributed by atoms with E-state index in [0.29, 0.717) is 29.1 Å². The second-order valence-electron chi connectivity index (χ2n) is 10.1. The van der Waals surface area contributed by atoms with Crippen molar-refractivity contribution in [3.05, 3.63) is 67.5 Å². The summed E-state index contributed by atoms with van der Waals surface area (Å²) in [7, 11) is 3.68. The Morgan fingerprint density at radius 3 is 2.77 bits per heavy atom. The molecule has 2 saturated heterocycles. The van der Waals surface area contributed by atoms with E-state index in [1.54, 1.807) is 13.3 Å². The van der Waals surface area contributed by atoms with Crippen molar-refractivity contribution < 1.29 is 9.53 Å². The minimum absolute atomic E-state index is 0.264. The fourth-order valence-electron chi connectivity index (χ4n) is 5.58. The molecule has 1 atom stereocenters. The molecule has 4 heterocycles. The van der Waals surface area contributed by atoms with Crippen LogP contribution >= 0.6 is 0 Å². The fourth-order valence-corrected chi connectivity index (χ4v) is 5.58. The fraction of sp³-hybridized carbons (Fsp3) is 0.300. The molecule has 0 radical (unpaired) electrons. The van der Waals surface area contributed by atoms with E-state index in [0.717, 1.165) is 47.4 Å². The standard InChI is InChI=1S/C30H33N7O2/c1-4-29(38)32-24-16-25(28(39-3)17-27(24)37-15-11-20(18-37)36-13-7-14-36)34-30-31-12-10-23(33-30)22-19-35(2)26-9-6-5-8-21(22)26/h4-6,8-10,12,16-17,19-20H,1,7,11,13-15,18H2,2-3H3,(H,32,38)(H,31,33,34). The number of benzene rings is 2. The molecule has 0 bridgehead atoms. The van der Waals surface area contributed by atoms with Gasteiger partial charge >= 0.3 is 0 Å². The first-order valence-corrected chi connectivity index (χ1v) is 13.3. The van der Waals surface area contributed by atoms with Crippen molar-refractivity contribution in [2.24, 2.45) is 7.05 Å². The Hall–Kier alpha value is -4.37. The molecule has 6 rings (SSSR count). The summed E-state index contributed by atoms with van der Waals surface area (Å²) in [5, 5.41) is 7.45. The van der Waals surface area contributed by atoms with Gasteiger partial charge in [0.1, 0.15) is 5.75 Å². The van der Waals surface area contributed by atoms with Gasteiger partial charge in [-0.2, -0.15) is 0 Å². The molecule has 39 heavy (non-hydrogen) atoms.